The molecule has 2 rings (SSSR count). The number of piperidine rings is 1. The first-order valence-electron chi connectivity index (χ1n) is 8.28. The summed E-state index contributed by atoms with van der Waals surface area (Å²) in [5, 5.41) is 9.26. The van der Waals surface area contributed by atoms with E-state index in [1.54, 1.807) is 0 Å². The van der Waals surface area contributed by atoms with Gasteiger partial charge in [0.05, 0.1) is 12.5 Å². The zero-order valence-electron chi connectivity index (χ0n) is 14.0. The van der Waals surface area contributed by atoms with E-state index in [2.05, 4.69) is 22.9 Å². The van der Waals surface area contributed by atoms with Crippen molar-refractivity contribution >= 4 is 11.8 Å². The third-order valence-corrected chi connectivity index (χ3v) is 4.49. The molecule has 1 aliphatic rings. The van der Waals surface area contributed by atoms with Crippen molar-refractivity contribution < 1.29 is 9.59 Å². The van der Waals surface area contributed by atoms with Gasteiger partial charge in [-0.3, -0.25) is 9.59 Å². The number of carbonyl (C=O) groups is 2. The third kappa shape index (κ3) is 5.67. The summed E-state index contributed by atoms with van der Waals surface area (Å²) < 4.78 is 0. The summed E-state index contributed by atoms with van der Waals surface area (Å²) in [6.45, 7) is 6.39. The molecule has 2 amide bonds. The minimum Gasteiger partial charge on any atom is -0.355 e. The van der Waals surface area contributed by atoms with Crippen molar-refractivity contribution in [3.05, 3.63) is 35.9 Å². The smallest absolute Gasteiger partial charge is 0.222 e. The number of rotatable bonds is 6. The molecule has 23 heavy (non-hydrogen) atoms. The molecular formula is C18H27N3O2. The number of hydrogen-bond donors (Lipinski definition) is 3. The van der Waals surface area contributed by atoms with Gasteiger partial charge in [-0.1, -0.05) is 37.3 Å². The standard InChI is InChI=1S/C18H27N3O2/c1-14(22)21-16(15-6-4-3-5-7-15)12-17(23)20-13-18(2)8-10-19-11-9-18/h3-7,16,19H,8-13H2,1-2H3,(H,20,23)(H,21,22). The van der Waals surface area contributed by atoms with Gasteiger partial charge in [-0.05, 0) is 36.9 Å². The van der Waals surface area contributed by atoms with E-state index in [9.17, 15) is 9.59 Å². The van der Waals surface area contributed by atoms with E-state index in [4.69, 9.17) is 0 Å². The van der Waals surface area contributed by atoms with Gasteiger partial charge in [-0.25, -0.2) is 0 Å². The monoisotopic (exact) mass is 317 g/mol. The van der Waals surface area contributed by atoms with E-state index in [0.717, 1.165) is 31.5 Å². The lowest BCUT2D eigenvalue weighted by molar-refractivity contribution is -0.123. The average molecular weight is 317 g/mol. The van der Waals surface area contributed by atoms with E-state index in [1.807, 2.05) is 30.3 Å². The third-order valence-electron chi connectivity index (χ3n) is 4.49. The molecular weight excluding hydrogens is 290 g/mol. The number of hydrogen-bond acceptors (Lipinski definition) is 3. The van der Waals surface area contributed by atoms with Crippen molar-refractivity contribution in [3.8, 4) is 0 Å². The van der Waals surface area contributed by atoms with Crippen molar-refractivity contribution in [2.24, 2.45) is 5.41 Å². The Hall–Kier alpha value is -1.88. The molecule has 0 spiro atoms. The van der Waals surface area contributed by atoms with Crippen LogP contribution in [-0.2, 0) is 9.59 Å². The Morgan fingerprint density at radius 1 is 1.22 bits per heavy atom. The summed E-state index contributed by atoms with van der Waals surface area (Å²) in [7, 11) is 0. The molecule has 5 nitrogen and oxygen atoms in total. The van der Waals surface area contributed by atoms with Crippen molar-refractivity contribution in [2.45, 2.75) is 39.2 Å². The molecule has 1 unspecified atom stereocenters. The Labute approximate surface area is 138 Å². The first-order valence-corrected chi connectivity index (χ1v) is 8.28. The van der Waals surface area contributed by atoms with Crippen LogP contribution >= 0.6 is 0 Å². The number of amides is 2. The predicted octanol–water partition coefficient (Wildman–Crippen LogP) is 1.76. The summed E-state index contributed by atoms with van der Waals surface area (Å²) in [4.78, 5) is 23.7. The SMILES string of the molecule is CC(=O)NC(CC(=O)NCC1(C)CCNCC1)c1ccccc1. The fourth-order valence-electron chi connectivity index (χ4n) is 2.96. The van der Waals surface area contributed by atoms with E-state index in [1.165, 1.54) is 6.92 Å². The van der Waals surface area contributed by atoms with Gasteiger partial charge >= 0.3 is 0 Å². The average Bonchev–Trinajstić information content (AvgIpc) is 2.54. The van der Waals surface area contributed by atoms with Crippen LogP contribution in [-0.4, -0.2) is 31.4 Å². The van der Waals surface area contributed by atoms with Crippen LogP contribution in [0.2, 0.25) is 0 Å². The zero-order chi connectivity index (χ0) is 16.7. The quantitative estimate of drug-likeness (QED) is 0.749. The summed E-state index contributed by atoms with van der Waals surface area (Å²) in [6.07, 6.45) is 2.40. The molecule has 1 aromatic rings. The molecule has 1 atom stereocenters. The highest BCUT2D eigenvalue weighted by molar-refractivity contribution is 5.79. The molecule has 3 N–H and O–H groups in total. The number of benzene rings is 1. The molecule has 1 aliphatic heterocycles. The molecule has 1 heterocycles. The zero-order valence-corrected chi connectivity index (χ0v) is 14.0. The van der Waals surface area contributed by atoms with Gasteiger partial charge in [0.25, 0.3) is 0 Å². The minimum absolute atomic E-state index is 0.0210. The molecule has 0 saturated carbocycles. The van der Waals surface area contributed by atoms with E-state index < -0.39 is 0 Å². The second-order valence-electron chi connectivity index (χ2n) is 6.71. The van der Waals surface area contributed by atoms with E-state index in [0.29, 0.717) is 6.54 Å². The van der Waals surface area contributed by atoms with Crippen LogP contribution < -0.4 is 16.0 Å². The number of carbonyl (C=O) groups excluding carboxylic acids is 2. The Bertz CT molecular complexity index is 524. The highest BCUT2D eigenvalue weighted by Crippen LogP contribution is 2.26. The summed E-state index contributed by atoms with van der Waals surface area (Å²) >= 11 is 0. The summed E-state index contributed by atoms with van der Waals surface area (Å²) in [5.41, 5.74) is 1.11. The first kappa shape index (κ1) is 17.5. The van der Waals surface area contributed by atoms with Gasteiger partial charge in [0, 0.05) is 13.5 Å². The molecule has 0 aliphatic carbocycles. The van der Waals surface area contributed by atoms with Crippen molar-refractivity contribution in [1.82, 2.24) is 16.0 Å². The van der Waals surface area contributed by atoms with E-state index >= 15 is 0 Å². The molecule has 1 aromatic carbocycles. The minimum atomic E-state index is -0.283. The first-order chi connectivity index (χ1) is 11.0. The molecule has 0 aromatic heterocycles. The lowest BCUT2D eigenvalue weighted by atomic mass is 9.81. The maximum atomic E-state index is 12.3. The molecule has 0 radical (unpaired) electrons. The van der Waals surface area contributed by atoms with Crippen molar-refractivity contribution in [3.63, 3.8) is 0 Å². The normalized spacial score (nSPS) is 18.0. The Morgan fingerprint density at radius 2 is 1.87 bits per heavy atom. The Kier molecular flexibility index (Phi) is 6.16. The van der Waals surface area contributed by atoms with E-state index in [-0.39, 0.29) is 29.7 Å². The highest BCUT2D eigenvalue weighted by Gasteiger charge is 2.27. The van der Waals surface area contributed by atoms with Gasteiger partial charge in [0.1, 0.15) is 0 Å². The van der Waals surface area contributed by atoms with Gasteiger partial charge < -0.3 is 16.0 Å². The fraction of sp³-hybridized carbons (Fsp3) is 0.556. The van der Waals surface area contributed by atoms with Gasteiger partial charge in [0.15, 0.2) is 0 Å². The van der Waals surface area contributed by atoms with Crippen LogP contribution in [0.15, 0.2) is 30.3 Å². The lowest BCUT2D eigenvalue weighted by Crippen LogP contribution is -2.43. The maximum Gasteiger partial charge on any atom is 0.222 e. The van der Waals surface area contributed by atoms with Gasteiger partial charge in [-0.15, -0.1) is 0 Å². The summed E-state index contributed by atoms with van der Waals surface area (Å²) in [6, 6.07) is 9.33. The summed E-state index contributed by atoms with van der Waals surface area (Å²) in [5.74, 6) is -0.149. The van der Waals surface area contributed by atoms with Crippen LogP contribution in [0.4, 0.5) is 0 Å². The lowest BCUT2D eigenvalue weighted by Gasteiger charge is -2.34. The second-order valence-corrected chi connectivity index (χ2v) is 6.71. The fourth-order valence-corrected chi connectivity index (χ4v) is 2.96. The molecule has 0 bridgehead atoms. The second kappa shape index (κ2) is 8.11. The Balaban J connectivity index is 1.91. The highest BCUT2D eigenvalue weighted by atomic mass is 16.2. The van der Waals surface area contributed by atoms with Gasteiger partial charge in [-0.2, -0.15) is 0 Å². The molecule has 1 fully saturated rings. The largest absolute Gasteiger partial charge is 0.355 e. The number of nitrogens with one attached hydrogen (secondary N) is 3. The predicted molar refractivity (Wildman–Crippen MR) is 90.8 cm³/mol. The maximum absolute atomic E-state index is 12.3. The topological polar surface area (TPSA) is 70.2 Å². The molecule has 5 heteroatoms. The van der Waals surface area contributed by atoms with Crippen LogP contribution in [0.5, 0.6) is 0 Å². The Morgan fingerprint density at radius 3 is 2.48 bits per heavy atom. The van der Waals surface area contributed by atoms with Crippen molar-refractivity contribution in [1.29, 1.82) is 0 Å². The van der Waals surface area contributed by atoms with Crippen LogP contribution in [0.1, 0.15) is 44.7 Å². The van der Waals surface area contributed by atoms with Crippen molar-refractivity contribution in [2.75, 3.05) is 19.6 Å². The molecule has 1 saturated heterocycles. The van der Waals surface area contributed by atoms with Crippen LogP contribution in [0.25, 0.3) is 0 Å². The molecule has 126 valence electrons. The van der Waals surface area contributed by atoms with Crippen LogP contribution in [0.3, 0.4) is 0 Å². The van der Waals surface area contributed by atoms with Crippen LogP contribution in [0, 0.1) is 5.41 Å². The van der Waals surface area contributed by atoms with Gasteiger partial charge in [0.2, 0.25) is 11.8 Å².